The molecule has 1 aromatic carbocycles. The van der Waals surface area contributed by atoms with E-state index in [0.29, 0.717) is 0 Å². The molecule has 2 heteroatoms. The van der Waals surface area contributed by atoms with Crippen molar-refractivity contribution < 1.29 is 24.1 Å². The molecule has 0 N–H and O–H groups in total. The Bertz CT molecular complexity index is 513. The molecule has 0 fully saturated rings. The molecule has 0 heterocycles. The van der Waals surface area contributed by atoms with Crippen molar-refractivity contribution >= 4 is 4.40 Å². The summed E-state index contributed by atoms with van der Waals surface area (Å²) in [6.45, 7) is 18.6. The van der Waals surface area contributed by atoms with Crippen LogP contribution >= 0.6 is 0 Å². The van der Waals surface area contributed by atoms with Gasteiger partial charge in [0.25, 0.3) is 0 Å². The van der Waals surface area contributed by atoms with Crippen LogP contribution in [0.4, 0.5) is 0 Å². The predicted molar refractivity (Wildman–Crippen MR) is 94.2 cm³/mol. The van der Waals surface area contributed by atoms with Gasteiger partial charge in [0.15, 0.2) is 0 Å². The maximum atomic E-state index is 5.76. The van der Waals surface area contributed by atoms with Crippen molar-refractivity contribution in [1.82, 2.24) is 0 Å². The van der Waals surface area contributed by atoms with Crippen molar-refractivity contribution in [2.75, 3.05) is 7.11 Å². The van der Waals surface area contributed by atoms with E-state index in [1.165, 1.54) is 24.9 Å². The third-order valence-electron chi connectivity index (χ3n) is 3.14. The van der Waals surface area contributed by atoms with Crippen LogP contribution < -0.4 is 4.74 Å². The quantitative estimate of drug-likeness (QED) is 0.432. The van der Waals surface area contributed by atoms with Crippen LogP contribution in [0.1, 0.15) is 47.1 Å². The van der Waals surface area contributed by atoms with E-state index in [2.05, 4.69) is 52.0 Å². The monoisotopic (exact) mass is 469 g/mol. The fourth-order valence-electron chi connectivity index (χ4n) is 1.66. The topological polar surface area (TPSA) is 9.23 Å². The fraction of sp³-hybridized carbons (Fsp3) is 0.450. The Morgan fingerprint density at radius 1 is 1.09 bits per heavy atom. The van der Waals surface area contributed by atoms with Crippen LogP contribution in [0, 0.1) is 12.0 Å². The molecule has 0 atom stereocenters. The summed E-state index contributed by atoms with van der Waals surface area (Å²) in [5.74, 6) is 0.977. The van der Waals surface area contributed by atoms with Gasteiger partial charge in [0.05, 0.1) is 7.11 Å². The van der Waals surface area contributed by atoms with E-state index in [1.807, 2.05) is 30.4 Å². The molecule has 122 valence electrons. The number of benzene rings is 1. The van der Waals surface area contributed by atoms with Gasteiger partial charge in [-0.1, -0.05) is 39.0 Å². The molecule has 0 aliphatic heterocycles. The summed E-state index contributed by atoms with van der Waals surface area (Å²) in [4.78, 5) is 0. The van der Waals surface area contributed by atoms with Gasteiger partial charge in [-0.3, -0.25) is 0 Å². The SMILES string of the molecule is COc1ccccc1C(C)(C)C.[CH-]=C(C=C[CH]=[W])C(C)(C)C. The second kappa shape index (κ2) is 9.25. The predicted octanol–water partition coefficient (Wildman–Crippen LogP) is 5.29. The van der Waals surface area contributed by atoms with E-state index >= 15 is 0 Å². The van der Waals surface area contributed by atoms with E-state index in [0.717, 1.165) is 11.3 Å². The Kier molecular flexibility index (Phi) is 8.86. The molecule has 0 amide bonds. The summed E-state index contributed by atoms with van der Waals surface area (Å²) >= 11 is 1.45. The first-order valence-electron chi connectivity index (χ1n) is 7.42. The number of ether oxygens (including phenoxy) is 1. The summed E-state index contributed by atoms with van der Waals surface area (Å²) in [5.41, 5.74) is 2.46. The molecule has 0 saturated heterocycles. The molecule has 1 aromatic rings. The number of rotatable bonds is 3. The molecular weight excluding hydrogens is 440 g/mol. The Labute approximate surface area is 147 Å². The molecule has 0 bridgehead atoms. The van der Waals surface area contributed by atoms with Crippen molar-refractivity contribution in [2.24, 2.45) is 5.41 Å². The third-order valence-corrected chi connectivity index (χ3v) is 3.70. The van der Waals surface area contributed by atoms with Gasteiger partial charge < -0.3 is 4.74 Å². The maximum absolute atomic E-state index is 5.76. The molecule has 0 radical (unpaired) electrons. The van der Waals surface area contributed by atoms with Crippen LogP contribution in [0.3, 0.4) is 0 Å². The van der Waals surface area contributed by atoms with E-state index in [4.69, 9.17) is 11.3 Å². The number of methoxy groups -OCH3 is 1. The van der Waals surface area contributed by atoms with Crippen LogP contribution in [0.2, 0.25) is 0 Å². The van der Waals surface area contributed by atoms with Gasteiger partial charge >= 0.3 is 74.2 Å². The van der Waals surface area contributed by atoms with Crippen LogP contribution in [0.25, 0.3) is 0 Å². The van der Waals surface area contributed by atoms with Crippen molar-refractivity contribution in [1.29, 1.82) is 0 Å². The number of allylic oxidation sites excluding steroid dienone is 3. The van der Waals surface area contributed by atoms with Gasteiger partial charge in [-0.25, -0.2) is 0 Å². The van der Waals surface area contributed by atoms with Crippen LogP contribution in [-0.2, 0) is 24.8 Å². The normalized spacial score (nSPS) is 11.6. The summed E-state index contributed by atoms with van der Waals surface area (Å²) in [6, 6.07) is 8.15. The minimum absolute atomic E-state index is 0.106. The molecule has 0 spiro atoms. The van der Waals surface area contributed by atoms with Crippen LogP contribution in [0.15, 0.2) is 42.0 Å². The van der Waals surface area contributed by atoms with Crippen molar-refractivity contribution in [3.8, 4) is 5.75 Å². The Hall–Kier alpha value is -0.942. The average Bonchev–Trinajstić information content (AvgIpc) is 2.43. The average molecular weight is 469 g/mol. The second-order valence-corrected chi connectivity index (χ2v) is 8.13. The van der Waals surface area contributed by atoms with Crippen molar-refractivity contribution in [3.05, 3.63) is 54.1 Å². The molecule has 0 unspecified atom stereocenters. The van der Waals surface area contributed by atoms with E-state index in [-0.39, 0.29) is 10.8 Å². The standard InChI is InChI=1S/C11H16O.C9H13.W/c1-11(2,3)9-7-5-6-8-10(9)12-4;1-6-7-8(2)9(3,4)5;/h5-8H,1-4H3;1-2,6-7H,3-5H3;/q;-1;. The molecular formula is C20H29OW-. The first kappa shape index (κ1) is 21.1. The Morgan fingerprint density at radius 3 is 2.00 bits per heavy atom. The van der Waals surface area contributed by atoms with Gasteiger partial charge in [0, 0.05) is 0 Å². The van der Waals surface area contributed by atoms with Gasteiger partial charge in [0.2, 0.25) is 0 Å². The van der Waals surface area contributed by atoms with Gasteiger partial charge in [0.1, 0.15) is 5.75 Å². The van der Waals surface area contributed by atoms with E-state index in [1.54, 1.807) is 7.11 Å². The number of hydrogen-bond acceptors (Lipinski definition) is 1. The number of para-hydroxylation sites is 1. The van der Waals surface area contributed by atoms with Crippen molar-refractivity contribution in [3.63, 3.8) is 0 Å². The van der Waals surface area contributed by atoms with E-state index in [9.17, 15) is 0 Å². The summed E-state index contributed by atoms with van der Waals surface area (Å²) < 4.78 is 7.33. The van der Waals surface area contributed by atoms with Crippen molar-refractivity contribution in [2.45, 2.75) is 47.0 Å². The van der Waals surface area contributed by atoms with Crippen LogP contribution in [-0.4, -0.2) is 11.5 Å². The Morgan fingerprint density at radius 2 is 1.64 bits per heavy atom. The molecule has 1 rings (SSSR count). The first-order valence-corrected chi connectivity index (χ1v) is 9.11. The molecule has 0 saturated carbocycles. The molecule has 1 nitrogen and oxygen atoms in total. The van der Waals surface area contributed by atoms with E-state index < -0.39 is 0 Å². The zero-order valence-electron chi connectivity index (χ0n) is 14.9. The summed E-state index contributed by atoms with van der Waals surface area (Å²) in [7, 11) is 1.71. The third kappa shape index (κ3) is 7.89. The zero-order valence-corrected chi connectivity index (χ0v) is 17.9. The van der Waals surface area contributed by atoms with Gasteiger partial charge in [-0.2, -0.15) is 0 Å². The van der Waals surface area contributed by atoms with Gasteiger partial charge in [-0.05, 0) is 17.0 Å². The second-order valence-electron chi connectivity index (χ2n) is 7.15. The number of hydrogen-bond donors (Lipinski definition) is 0. The molecule has 0 aromatic heterocycles. The Balaban J connectivity index is 0.000000409. The minimum atomic E-state index is 0.106. The summed E-state index contributed by atoms with van der Waals surface area (Å²) in [6.07, 6.45) is 3.96. The molecule has 22 heavy (non-hydrogen) atoms. The first-order chi connectivity index (χ1) is 10.0. The fourth-order valence-corrected chi connectivity index (χ4v) is 1.94. The summed E-state index contributed by atoms with van der Waals surface area (Å²) in [5, 5.41) is 0. The molecule has 0 aliphatic carbocycles. The van der Waals surface area contributed by atoms with Gasteiger partial charge in [-0.15, -0.1) is 0 Å². The van der Waals surface area contributed by atoms with Crippen LogP contribution in [0.5, 0.6) is 5.75 Å². The zero-order chi connectivity index (χ0) is 17.4. The molecule has 0 aliphatic rings.